The van der Waals surface area contributed by atoms with Crippen LogP contribution in [0.4, 0.5) is 5.13 Å². The summed E-state index contributed by atoms with van der Waals surface area (Å²) < 4.78 is 1.80. The second-order valence-electron chi connectivity index (χ2n) is 6.09. The zero-order chi connectivity index (χ0) is 16.7. The van der Waals surface area contributed by atoms with E-state index in [-0.39, 0.29) is 5.91 Å². The quantitative estimate of drug-likeness (QED) is 0.792. The number of benzene rings is 1. The minimum absolute atomic E-state index is 0.154. The summed E-state index contributed by atoms with van der Waals surface area (Å²) in [5.74, 6) is -0.154. The molecule has 0 saturated carbocycles. The zero-order valence-electron chi connectivity index (χ0n) is 13.7. The summed E-state index contributed by atoms with van der Waals surface area (Å²) in [6.07, 6.45) is 4.89. The summed E-state index contributed by atoms with van der Waals surface area (Å²) in [5.41, 5.74) is 4.65. The molecule has 1 aliphatic rings. The molecule has 4 rings (SSSR count). The van der Waals surface area contributed by atoms with Crippen molar-refractivity contribution >= 4 is 22.4 Å². The van der Waals surface area contributed by atoms with Crippen LogP contribution in [0.15, 0.2) is 30.5 Å². The maximum Gasteiger partial charge on any atom is 0.260 e. The summed E-state index contributed by atoms with van der Waals surface area (Å²) in [6.45, 7) is 3.95. The standard InChI is InChI=1S/C18H18N4OS/c1-11-5-3-6-13(9-11)22-12(2)14(10-19-22)17(23)21-18-20-15-7-4-8-16(15)24-18/h3,5-6,9-10H,4,7-8H2,1-2H3,(H,20,21,23). The molecular weight excluding hydrogens is 320 g/mol. The van der Waals surface area contributed by atoms with Crippen LogP contribution in [0, 0.1) is 13.8 Å². The van der Waals surface area contributed by atoms with E-state index in [2.05, 4.69) is 15.4 Å². The molecule has 0 saturated heterocycles. The van der Waals surface area contributed by atoms with E-state index in [9.17, 15) is 4.79 Å². The highest BCUT2D eigenvalue weighted by atomic mass is 32.1. The van der Waals surface area contributed by atoms with Crippen LogP contribution in [-0.2, 0) is 12.8 Å². The van der Waals surface area contributed by atoms with E-state index >= 15 is 0 Å². The van der Waals surface area contributed by atoms with Gasteiger partial charge in [0.15, 0.2) is 5.13 Å². The van der Waals surface area contributed by atoms with Crippen molar-refractivity contribution < 1.29 is 4.79 Å². The fourth-order valence-corrected chi connectivity index (χ4v) is 4.11. The SMILES string of the molecule is Cc1cccc(-n2ncc(C(=O)Nc3nc4c(s3)CCC4)c2C)c1. The molecule has 2 aromatic heterocycles. The molecule has 1 amide bonds. The Hall–Kier alpha value is -2.47. The van der Waals surface area contributed by atoms with Crippen LogP contribution in [-0.4, -0.2) is 20.7 Å². The fraction of sp³-hybridized carbons (Fsp3) is 0.278. The summed E-state index contributed by atoms with van der Waals surface area (Å²) in [7, 11) is 0. The first-order valence-corrected chi connectivity index (χ1v) is 8.85. The monoisotopic (exact) mass is 338 g/mol. The van der Waals surface area contributed by atoms with Crippen LogP contribution in [0.1, 0.15) is 38.6 Å². The van der Waals surface area contributed by atoms with Crippen molar-refractivity contribution in [1.82, 2.24) is 14.8 Å². The Kier molecular flexibility index (Phi) is 3.69. The molecule has 3 aromatic rings. The molecule has 0 aliphatic heterocycles. The highest BCUT2D eigenvalue weighted by molar-refractivity contribution is 7.16. The predicted octanol–water partition coefficient (Wildman–Crippen LogP) is 3.69. The molecule has 0 atom stereocenters. The van der Waals surface area contributed by atoms with E-state index in [1.807, 2.05) is 38.1 Å². The number of rotatable bonds is 3. The molecule has 1 N–H and O–H groups in total. The number of hydrogen-bond acceptors (Lipinski definition) is 4. The maximum atomic E-state index is 12.6. The highest BCUT2D eigenvalue weighted by Crippen LogP contribution is 2.30. The van der Waals surface area contributed by atoms with Gasteiger partial charge in [-0.2, -0.15) is 5.10 Å². The third kappa shape index (κ3) is 2.63. The smallest absolute Gasteiger partial charge is 0.260 e. The lowest BCUT2D eigenvalue weighted by molar-refractivity contribution is 0.102. The Morgan fingerprint density at radius 3 is 2.96 bits per heavy atom. The third-order valence-corrected chi connectivity index (χ3v) is 5.39. The van der Waals surface area contributed by atoms with E-state index in [1.54, 1.807) is 22.2 Å². The number of anilines is 1. The topological polar surface area (TPSA) is 59.8 Å². The minimum Gasteiger partial charge on any atom is -0.298 e. The van der Waals surface area contributed by atoms with Gasteiger partial charge in [-0.15, -0.1) is 11.3 Å². The Bertz CT molecular complexity index is 903. The van der Waals surface area contributed by atoms with Gasteiger partial charge < -0.3 is 0 Å². The van der Waals surface area contributed by atoms with Crippen LogP contribution in [0.5, 0.6) is 0 Å². The first-order valence-electron chi connectivity index (χ1n) is 8.03. The van der Waals surface area contributed by atoms with Gasteiger partial charge in [0.05, 0.1) is 28.8 Å². The van der Waals surface area contributed by atoms with Gasteiger partial charge >= 0.3 is 0 Å². The average Bonchev–Trinajstić information content (AvgIpc) is 3.21. The first kappa shape index (κ1) is 15.1. The lowest BCUT2D eigenvalue weighted by atomic mass is 10.2. The van der Waals surface area contributed by atoms with Gasteiger partial charge in [0.25, 0.3) is 5.91 Å². The van der Waals surface area contributed by atoms with Crippen molar-refractivity contribution in [2.24, 2.45) is 0 Å². The Morgan fingerprint density at radius 1 is 1.29 bits per heavy atom. The van der Waals surface area contributed by atoms with Crippen molar-refractivity contribution in [3.05, 3.63) is 57.9 Å². The van der Waals surface area contributed by atoms with Gasteiger partial charge in [-0.25, -0.2) is 9.67 Å². The average molecular weight is 338 g/mol. The molecule has 5 nitrogen and oxygen atoms in total. The minimum atomic E-state index is -0.154. The van der Waals surface area contributed by atoms with Crippen LogP contribution >= 0.6 is 11.3 Å². The lowest BCUT2D eigenvalue weighted by Crippen LogP contribution is -2.13. The number of nitrogens with zero attached hydrogens (tertiary/aromatic N) is 3. The third-order valence-electron chi connectivity index (χ3n) is 4.32. The van der Waals surface area contributed by atoms with Gasteiger partial charge in [0.2, 0.25) is 0 Å². The number of carbonyl (C=O) groups excluding carboxylic acids is 1. The predicted molar refractivity (Wildman–Crippen MR) is 95.1 cm³/mol. The molecule has 2 heterocycles. The molecular formula is C18H18N4OS. The number of aryl methyl sites for hydroxylation is 3. The first-order chi connectivity index (χ1) is 11.6. The van der Waals surface area contributed by atoms with Gasteiger partial charge in [0, 0.05) is 4.88 Å². The summed E-state index contributed by atoms with van der Waals surface area (Å²) in [5, 5.41) is 7.99. The number of nitrogens with one attached hydrogen (secondary N) is 1. The van der Waals surface area contributed by atoms with Gasteiger partial charge in [0.1, 0.15) is 0 Å². The number of fused-ring (bicyclic) bond motifs is 1. The molecule has 0 spiro atoms. The number of amides is 1. The van der Waals surface area contributed by atoms with Crippen LogP contribution in [0.2, 0.25) is 0 Å². The van der Waals surface area contributed by atoms with E-state index in [0.717, 1.165) is 35.5 Å². The molecule has 0 fully saturated rings. The van der Waals surface area contributed by atoms with Crippen LogP contribution in [0.3, 0.4) is 0 Å². The Labute approximate surface area is 144 Å². The van der Waals surface area contributed by atoms with Crippen molar-refractivity contribution in [3.8, 4) is 5.69 Å². The molecule has 6 heteroatoms. The molecule has 1 aromatic carbocycles. The van der Waals surface area contributed by atoms with Gasteiger partial charge in [-0.1, -0.05) is 12.1 Å². The molecule has 1 aliphatic carbocycles. The van der Waals surface area contributed by atoms with Gasteiger partial charge in [-0.3, -0.25) is 10.1 Å². The molecule has 0 bridgehead atoms. The number of thiazole rings is 1. The van der Waals surface area contributed by atoms with Crippen molar-refractivity contribution in [3.63, 3.8) is 0 Å². The summed E-state index contributed by atoms with van der Waals surface area (Å²) >= 11 is 1.59. The maximum absolute atomic E-state index is 12.6. The van der Waals surface area contributed by atoms with E-state index in [4.69, 9.17) is 0 Å². The van der Waals surface area contributed by atoms with E-state index in [0.29, 0.717) is 10.7 Å². The number of hydrogen-bond donors (Lipinski definition) is 1. The number of aromatic nitrogens is 3. The van der Waals surface area contributed by atoms with Gasteiger partial charge in [-0.05, 0) is 50.8 Å². The Morgan fingerprint density at radius 2 is 2.17 bits per heavy atom. The van der Waals surface area contributed by atoms with Crippen molar-refractivity contribution in [2.45, 2.75) is 33.1 Å². The second-order valence-corrected chi connectivity index (χ2v) is 7.17. The Balaban J connectivity index is 1.59. The van der Waals surface area contributed by atoms with Crippen LogP contribution < -0.4 is 5.32 Å². The van der Waals surface area contributed by atoms with E-state index < -0.39 is 0 Å². The summed E-state index contributed by atoms with van der Waals surface area (Å²) in [6, 6.07) is 8.06. The lowest BCUT2D eigenvalue weighted by Gasteiger charge is -2.06. The highest BCUT2D eigenvalue weighted by Gasteiger charge is 2.20. The van der Waals surface area contributed by atoms with Crippen molar-refractivity contribution in [1.29, 1.82) is 0 Å². The summed E-state index contributed by atoms with van der Waals surface area (Å²) in [4.78, 5) is 18.4. The second kappa shape index (κ2) is 5.87. The normalized spacial score (nSPS) is 13.1. The van der Waals surface area contributed by atoms with Crippen molar-refractivity contribution in [2.75, 3.05) is 5.32 Å². The van der Waals surface area contributed by atoms with E-state index in [1.165, 1.54) is 11.3 Å². The van der Waals surface area contributed by atoms with Crippen LogP contribution in [0.25, 0.3) is 5.69 Å². The molecule has 24 heavy (non-hydrogen) atoms. The molecule has 0 radical (unpaired) electrons. The largest absolute Gasteiger partial charge is 0.298 e. The number of carbonyl (C=O) groups is 1. The molecule has 0 unspecified atom stereocenters. The fourth-order valence-electron chi connectivity index (χ4n) is 3.06. The zero-order valence-corrected chi connectivity index (χ0v) is 14.5. The molecule has 122 valence electrons.